The maximum atomic E-state index is 10.8. The number of nitro benzene ring substituents is 2. The van der Waals surface area contributed by atoms with Gasteiger partial charge in [0.15, 0.2) is 0 Å². The van der Waals surface area contributed by atoms with Gasteiger partial charge in [0.1, 0.15) is 5.69 Å². The standard InChI is InChI=1S/C8H10N3O8P/c12-10(13)6-1-2-7(8(5-6)11(14)15)9-3-4-19-20(16,17)18/h1-2,5,9H,3-4H2,(H2,16,17,18). The van der Waals surface area contributed by atoms with Crippen molar-refractivity contribution in [1.29, 1.82) is 0 Å². The molecule has 3 N–H and O–H groups in total. The van der Waals surface area contributed by atoms with Gasteiger partial charge in [0, 0.05) is 12.6 Å². The van der Waals surface area contributed by atoms with Crippen LogP contribution >= 0.6 is 7.82 Å². The minimum absolute atomic E-state index is 0.0186. The number of nitro groups is 2. The molecule has 0 bridgehead atoms. The smallest absolute Gasteiger partial charge is 0.377 e. The van der Waals surface area contributed by atoms with Crippen molar-refractivity contribution in [3.8, 4) is 0 Å². The number of phosphoric acid groups is 1. The first-order chi connectivity index (χ1) is 9.20. The third-order valence-corrected chi connectivity index (χ3v) is 2.58. The Bertz CT molecular complexity index is 571. The monoisotopic (exact) mass is 307 g/mol. The van der Waals surface area contributed by atoms with Crippen LogP contribution in [0, 0.1) is 20.2 Å². The average molecular weight is 307 g/mol. The van der Waals surface area contributed by atoms with Gasteiger partial charge in [-0.1, -0.05) is 0 Å². The Labute approximate surface area is 111 Å². The lowest BCUT2D eigenvalue weighted by Gasteiger charge is -2.08. The van der Waals surface area contributed by atoms with Gasteiger partial charge >= 0.3 is 7.82 Å². The van der Waals surface area contributed by atoms with Crippen molar-refractivity contribution in [2.75, 3.05) is 18.5 Å². The first-order valence-electron chi connectivity index (χ1n) is 5.07. The molecule has 0 aliphatic carbocycles. The Kier molecular flexibility index (Phi) is 5.11. The van der Waals surface area contributed by atoms with Crippen LogP contribution in [0.5, 0.6) is 0 Å². The molecule has 0 aliphatic heterocycles. The largest absolute Gasteiger partial charge is 0.469 e. The molecule has 0 saturated carbocycles. The summed E-state index contributed by atoms with van der Waals surface area (Å²) in [6.07, 6.45) is 0. The fourth-order valence-corrected chi connectivity index (χ4v) is 1.61. The van der Waals surface area contributed by atoms with Gasteiger partial charge in [0.05, 0.1) is 22.5 Å². The summed E-state index contributed by atoms with van der Waals surface area (Å²) in [5.74, 6) is 0. The fraction of sp³-hybridized carbons (Fsp3) is 0.250. The number of anilines is 1. The number of nitrogens with zero attached hydrogens (tertiary/aromatic N) is 2. The van der Waals surface area contributed by atoms with Gasteiger partial charge in [0.25, 0.3) is 11.4 Å². The van der Waals surface area contributed by atoms with E-state index >= 15 is 0 Å². The van der Waals surface area contributed by atoms with Crippen LogP contribution in [0.15, 0.2) is 18.2 Å². The van der Waals surface area contributed by atoms with E-state index in [1.165, 1.54) is 0 Å². The third kappa shape index (κ3) is 4.90. The third-order valence-electron chi connectivity index (χ3n) is 2.07. The van der Waals surface area contributed by atoms with E-state index in [2.05, 4.69) is 9.84 Å². The number of non-ortho nitro benzene ring substituents is 1. The maximum Gasteiger partial charge on any atom is 0.469 e. The van der Waals surface area contributed by atoms with Crippen LogP contribution in [0.4, 0.5) is 17.1 Å². The summed E-state index contributed by atoms with van der Waals surface area (Å²) in [5, 5.41) is 23.8. The number of phosphoric ester groups is 1. The molecule has 0 aromatic heterocycles. The van der Waals surface area contributed by atoms with Crippen LogP contribution in [-0.2, 0) is 9.09 Å². The molecular formula is C8H10N3O8P. The molecule has 1 aromatic carbocycles. The van der Waals surface area contributed by atoms with Gasteiger partial charge in [0.2, 0.25) is 0 Å². The van der Waals surface area contributed by atoms with Crippen LogP contribution < -0.4 is 5.32 Å². The molecule has 0 aliphatic rings. The topological polar surface area (TPSA) is 165 Å². The van der Waals surface area contributed by atoms with Crippen molar-refractivity contribution in [3.63, 3.8) is 0 Å². The Balaban J connectivity index is 2.77. The highest BCUT2D eigenvalue weighted by Gasteiger charge is 2.19. The SMILES string of the molecule is O=[N+]([O-])c1ccc(NCCOP(=O)(O)O)c([N+](=O)[O-])c1. The molecule has 1 rings (SSSR count). The molecular weight excluding hydrogens is 297 g/mol. The highest BCUT2D eigenvalue weighted by molar-refractivity contribution is 7.46. The Hall–Kier alpha value is -2.07. The van der Waals surface area contributed by atoms with Crippen molar-refractivity contribution in [2.45, 2.75) is 0 Å². The van der Waals surface area contributed by atoms with Gasteiger partial charge in [-0.05, 0) is 6.07 Å². The number of hydrogen-bond donors (Lipinski definition) is 3. The fourth-order valence-electron chi connectivity index (χ4n) is 1.28. The lowest BCUT2D eigenvalue weighted by atomic mass is 10.2. The summed E-state index contributed by atoms with van der Waals surface area (Å²) in [6, 6.07) is 2.99. The van der Waals surface area contributed by atoms with Gasteiger partial charge in [-0.15, -0.1) is 0 Å². The summed E-state index contributed by atoms with van der Waals surface area (Å²) < 4.78 is 14.5. The van der Waals surface area contributed by atoms with Crippen molar-refractivity contribution in [2.24, 2.45) is 0 Å². The first-order valence-corrected chi connectivity index (χ1v) is 6.60. The van der Waals surface area contributed by atoms with E-state index in [1.807, 2.05) is 0 Å². The average Bonchev–Trinajstić information content (AvgIpc) is 2.33. The highest BCUT2D eigenvalue weighted by Crippen LogP contribution is 2.35. The minimum atomic E-state index is -4.60. The van der Waals surface area contributed by atoms with E-state index in [0.717, 1.165) is 18.2 Å². The predicted octanol–water partition coefficient (Wildman–Crippen LogP) is 1.02. The zero-order valence-corrected chi connectivity index (χ0v) is 10.7. The van der Waals surface area contributed by atoms with Crippen LogP contribution in [0.2, 0.25) is 0 Å². The Morgan fingerprint density at radius 2 is 1.90 bits per heavy atom. The Morgan fingerprint density at radius 1 is 1.25 bits per heavy atom. The van der Waals surface area contributed by atoms with Crippen molar-refractivity contribution in [1.82, 2.24) is 0 Å². The predicted molar refractivity (Wildman–Crippen MR) is 66.2 cm³/mol. The zero-order valence-electron chi connectivity index (χ0n) is 9.83. The Morgan fingerprint density at radius 3 is 2.40 bits per heavy atom. The summed E-state index contributed by atoms with van der Waals surface area (Å²) in [4.78, 5) is 36.6. The molecule has 12 heteroatoms. The van der Waals surface area contributed by atoms with Crippen molar-refractivity contribution >= 4 is 24.9 Å². The summed E-state index contributed by atoms with van der Waals surface area (Å²) in [6.45, 7) is -0.512. The summed E-state index contributed by atoms with van der Waals surface area (Å²) in [5.41, 5.74) is -0.973. The minimum Gasteiger partial charge on any atom is -0.377 e. The highest BCUT2D eigenvalue weighted by atomic mass is 31.2. The second kappa shape index (κ2) is 6.39. The molecule has 0 unspecified atom stereocenters. The molecule has 0 spiro atoms. The zero-order chi connectivity index (χ0) is 15.3. The second-order valence-electron chi connectivity index (χ2n) is 3.47. The van der Waals surface area contributed by atoms with Gasteiger partial charge in [-0.3, -0.25) is 24.8 Å². The van der Waals surface area contributed by atoms with E-state index in [9.17, 15) is 24.8 Å². The molecule has 0 saturated heterocycles. The van der Waals surface area contributed by atoms with Crippen molar-refractivity contribution in [3.05, 3.63) is 38.4 Å². The van der Waals surface area contributed by atoms with E-state index in [1.54, 1.807) is 0 Å². The van der Waals surface area contributed by atoms with Crippen LogP contribution in [0.1, 0.15) is 0 Å². The molecule has 110 valence electrons. The molecule has 1 aromatic rings. The van der Waals surface area contributed by atoms with Crippen LogP contribution in [0.25, 0.3) is 0 Å². The van der Waals surface area contributed by atoms with E-state index in [0.29, 0.717) is 0 Å². The van der Waals surface area contributed by atoms with Crippen LogP contribution in [-0.4, -0.2) is 32.8 Å². The maximum absolute atomic E-state index is 10.8. The van der Waals surface area contributed by atoms with E-state index in [-0.39, 0.29) is 12.2 Å². The summed E-state index contributed by atoms with van der Waals surface area (Å²) >= 11 is 0. The second-order valence-corrected chi connectivity index (χ2v) is 4.71. The molecule has 0 amide bonds. The van der Waals surface area contributed by atoms with Crippen LogP contribution in [0.3, 0.4) is 0 Å². The number of hydrogen-bond acceptors (Lipinski definition) is 7. The molecule has 20 heavy (non-hydrogen) atoms. The van der Waals surface area contributed by atoms with Gasteiger partial charge in [-0.2, -0.15) is 0 Å². The van der Waals surface area contributed by atoms with E-state index < -0.39 is 35.7 Å². The quantitative estimate of drug-likeness (QED) is 0.288. The van der Waals surface area contributed by atoms with Gasteiger partial charge < -0.3 is 15.1 Å². The lowest BCUT2D eigenvalue weighted by Crippen LogP contribution is -2.10. The van der Waals surface area contributed by atoms with Gasteiger partial charge in [-0.25, -0.2) is 4.57 Å². The molecule has 0 heterocycles. The van der Waals surface area contributed by atoms with Crippen molar-refractivity contribution < 1.29 is 28.7 Å². The normalized spacial score (nSPS) is 11.1. The lowest BCUT2D eigenvalue weighted by molar-refractivity contribution is -0.393. The molecule has 11 nitrogen and oxygen atoms in total. The molecule has 0 atom stereocenters. The number of benzene rings is 1. The summed E-state index contributed by atoms with van der Waals surface area (Å²) in [7, 11) is -4.60. The number of rotatable bonds is 7. The van der Waals surface area contributed by atoms with E-state index in [4.69, 9.17) is 9.79 Å². The molecule has 0 fully saturated rings. The first kappa shape index (κ1) is 16.0. The number of nitrogens with one attached hydrogen (secondary N) is 1. The molecule has 0 radical (unpaired) electrons.